The van der Waals surface area contributed by atoms with Gasteiger partial charge in [-0.15, -0.1) is 0 Å². The van der Waals surface area contributed by atoms with E-state index in [0.29, 0.717) is 0 Å². The van der Waals surface area contributed by atoms with E-state index < -0.39 is 18.6 Å². The number of rotatable bonds is 3. The van der Waals surface area contributed by atoms with Crippen molar-refractivity contribution in [2.75, 3.05) is 6.61 Å². The molecule has 1 atom stereocenters. The van der Waals surface area contributed by atoms with Crippen LogP contribution in [0.4, 0.5) is 0 Å². The summed E-state index contributed by atoms with van der Waals surface area (Å²) in [5.41, 5.74) is 5.09. The predicted molar refractivity (Wildman–Crippen MR) is 36.0 cm³/mol. The minimum Gasteiger partial charge on any atom is -0.393 e. The Labute approximate surface area is 59.0 Å². The number of primary amides is 1. The van der Waals surface area contributed by atoms with Crippen LogP contribution in [0, 0.1) is 0 Å². The van der Waals surface area contributed by atoms with Gasteiger partial charge in [-0.2, -0.15) is 0 Å². The Kier molecular flexibility index (Phi) is 3.68. The van der Waals surface area contributed by atoms with Crippen LogP contribution in [-0.4, -0.2) is 28.8 Å². The van der Waals surface area contributed by atoms with Crippen LogP contribution in [0.25, 0.3) is 0 Å². The summed E-state index contributed by atoms with van der Waals surface area (Å²) in [6.07, 6.45) is 0.218. The molecule has 0 saturated heterocycles. The smallest absolute Gasteiger partial charge is 0.244 e. The molecule has 0 radical (unpaired) electrons. The third-order valence-corrected chi connectivity index (χ3v) is 1.02. The normalized spacial score (nSPS) is 14.9. The number of hydrogen-bond donors (Lipinski definition) is 3. The van der Waals surface area contributed by atoms with Crippen LogP contribution >= 0.6 is 0 Å². The molecule has 0 aliphatic rings. The number of hydrogen-bond acceptors (Lipinski definition) is 3. The summed E-state index contributed by atoms with van der Waals surface area (Å²) in [6.45, 7) is 1.08. The standard InChI is InChI=1S/C6H11NO3/c1-4(6(7)10)2-5(9)3-8/h2,5,8-9H,3H2,1H3,(H2,7,10)/b4-2-. The topological polar surface area (TPSA) is 83.6 Å². The average Bonchev–Trinajstić information content (AvgIpc) is 1.87. The Morgan fingerprint density at radius 3 is 2.60 bits per heavy atom. The molecular formula is C6H11NO3. The van der Waals surface area contributed by atoms with Gasteiger partial charge in [-0.3, -0.25) is 4.79 Å². The molecule has 0 bridgehead atoms. The van der Waals surface area contributed by atoms with Gasteiger partial charge in [0.25, 0.3) is 0 Å². The Bertz CT molecular complexity index is 153. The molecule has 0 heterocycles. The van der Waals surface area contributed by atoms with Crippen LogP contribution in [0.1, 0.15) is 6.92 Å². The highest BCUT2D eigenvalue weighted by Gasteiger charge is 2.01. The van der Waals surface area contributed by atoms with Crippen LogP contribution in [0.3, 0.4) is 0 Å². The third-order valence-electron chi connectivity index (χ3n) is 1.02. The van der Waals surface area contributed by atoms with Crippen molar-refractivity contribution < 1.29 is 15.0 Å². The molecule has 0 rings (SSSR count). The molecular weight excluding hydrogens is 134 g/mol. The quantitative estimate of drug-likeness (QED) is 0.435. The first-order valence-electron chi connectivity index (χ1n) is 2.85. The lowest BCUT2D eigenvalue weighted by Crippen LogP contribution is -2.16. The van der Waals surface area contributed by atoms with Crippen molar-refractivity contribution in [2.45, 2.75) is 13.0 Å². The van der Waals surface area contributed by atoms with E-state index in [1.807, 2.05) is 0 Å². The fourth-order valence-corrected chi connectivity index (χ4v) is 0.423. The first-order valence-corrected chi connectivity index (χ1v) is 2.85. The second kappa shape index (κ2) is 4.03. The second-order valence-electron chi connectivity index (χ2n) is 1.96. The van der Waals surface area contributed by atoms with Crippen molar-refractivity contribution in [3.8, 4) is 0 Å². The van der Waals surface area contributed by atoms with E-state index in [1.165, 1.54) is 13.0 Å². The molecule has 10 heavy (non-hydrogen) atoms. The Balaban J connectivity index is 4.02. The van der Waals surface area contributed by atoms with Gasteiger partial charge in [0, 0.05) is 5.57 Å². The Morgan fingerprint density at radius 2 is 2.30 bits per heavy atom. The number of amides is 1. The van der Waals surface area contributed by atoms with E-state index in [0.717, 1.165) is 0 Å². The monoisotopic (exact) mass is 145 g/mol. The van der Waals surface area contributed by atoms with Crippen molar-refractivity contribution in [2.24, 2.45) is 5.73 Å². The van der Waals surface area contributed by atoms with Gasteiger partial charge in [0.05, 0.1) is 12.7 Å². The van der Waals surface area contributed by atoms with E-state index in [4.69, 9.17) is 15.9 Å². The van der Waals surface area contributed by atoms with Gasteiger partial charge >= 0.3 is 0 Å². The van der Waals surface area contributed by atoms with Gasteiger partial charge in [0.2, 0.25) is 5.91 Å². The van der Waals surface area contributed by atoms with Gasteiger partial charge in [0.1, 0.15) is 0 Å². The van der Waals surface area contributed by atoms with E-state index in [-0.39, 0.29) is 5.57 Å². The summed E-state index contributed by atoms with van der Waals surface area (Å²) in [4.78, 5) is 10.3. The predicted octanol–water partition coefficient (Wildman–Crippen LogP) is -1.23. The highest BCUT2D eigenvalue weighted by atomic mass is 16.3. The summed E-state index contributed by atoms with van der Waals surface area (Å²) in [6, 6.07) is 0. The average molecular weight is 145 g/mol. The van der Waals surface area contributed by atoms with Crippen molar-refractivity contribution in [1.82, 2.24) is 0 Å². The van der Waals surface area contributed by atoms with Crippen LogP contribution in [-0.2, 0) is 4.79 Å². The van der Waals surface area contributed by atoms with Gasteiger partial charge < -0.3 is 15.9 Å². The Hall–Kier alpha value is -0.870. The fraction of sp³-hybridized carbons (Fsp3) is 0.500. The molecule has 4 heteroatoms. The molecule has 1 amide bonds. The molecule has 4 nitrogen and oxygen atoms in total. The first-order chi connectivity index (χ1) is 4.57. The third kappa shape index (κ3) is 3.21. The second-order valence-corrected chi connectivity index (χ2v) is 1.96. The first kappa shape index (κ1) is 9.13. The number of aliphatic hydroxyl groups excluding tert-OH is 2. The van der Waals surface area contributed by atoms with Crippen LogP contribution < -0.4 is 5.73 Å². The maximum atomic E-state index is 10.3. The number of nitrogens with two attached hydrogens (primary N) is 1. The van der Waals surface area contributed by atoms with Gasteiger partial charge in [-0.05, 0) is 13.0 Å². The van der Waals surface area contributed by atoms with Gasteiger partial charge in [0.15, 0.2) is 0 Å². The molecule has 0 aliphatic carbocycles. The molecule has 58 valence electrons. The number of aliphatic hydroxyl groups is 2. The zero-order valence-electron chi connectivity index (χ0n) is 5.74. The SMILES string of the molecule is C/C(=C/C(O)CO)C(N)=O. The molecule has 0 aromatic heterocycles. The Morgan fingerprint density at radius 1 is 1.80 bits per heavy atom. The van der Waals surface area contributed by atoms with E-state index >= 15 is 0 Å². The maximum Gasteiger partial charge on any atom is 0.244 e. The maximum absolute atomic E-state index is 10.3. The molecule has 0 aromatic carbocycles. The minimum absolute atomic E-state index is 0.251. The van der Waals surface area contributed by atoms with Crippen molar-refractivity contribution in [3.05, 3.63) is 11.6 Å². The van der Waals surface area contributed by atoms with Crippen molar-refractivity contribution >= 4 is 5.91 Å². The van der Waals surface area contributed by atoms with Crippen LogP contribution in [0.2, 0.25) is 0 Å². The lowest BCUT2D eigenvalue weighted by molar-refractivity contribution is -0.114. The molecule has 1 unspecified atom stereocenters. The van der Waals surface area contributed by atoms with E-state index in [1.54, 1.807) is 0 Å². The summed E-state index contributed by atoms with van der Waals surface area (Å²) in [7, 11) is 0. The summed E-state index contributed by atoms with van der Waals surface area (Å²) < 4.78 is 0. The van der Waals surface area contributed by atoms with Crippen molar-refractivity contribution in [3.63, 3.8) is 0 Å². The van der Waals surface area contributed by atoms with Crippen molar-refractivity contribution in [1.29, 1.82) is 0 Å². The zero-order valence-corrected chi connectivity index (χ0v) is 5.74. The molecule has 0 fully saturated rings. The number of carbonyl (C=O) groups excluding carboxylic acids is 1. The molecule has 0 spiro atoms. The summed E-state index contributed by atoms with van der Waals surface area (Å²) in [5, 5.41) is 17.1. The lowest BCUT2D eigenvalue weighted by Gasteiger charge is -2.00. The molecule has 4 N–H and O–H groups in total. The van der Waals surface area contributed by atoms with Gasteiger partial charge in [-0.25, -0.2) is 0 Å². The van der Waals surface area contributed by atoms with Crippen LogP contribution in [0.15, 0.2) is 11.6 Å². The summed E-state index contributed by atoms with van der Waals surface area (Å²) >= 11 is 0. The zero-order chi connectivity index (χ0) is 8.15. The molecule has 0 aromatic rings. The van der Waals surface area contributed by atoms with Crippen LogP contribution in [0.5, 0.6) is 0 Å². The van der Waals surface area contributed by atoms with E-state index in [9.17, 15) is 4.79 Å². The summed E-state index contributed by atoms with van der Waals surface area (Å²) in [5.74, 6) is -0.590. The largest absolute Gasteiger partial charge is 0.393 e. The highest BCUT2D eigenvalue weighted by molar-refractivity contribution is 5.91. The van der Waals surface area contributed by atoms with E-state index in [2.05, 4.69) is 0 Å². The lowest BCUT2D eigenvalue weighted by atomic mass is 10.2. The minimum atomic E-state index is -0.993. The highest BCUT2D eigenvalue weighted by Crippen LogP contribution is 1.93. The molecule has 0 saturated carbocycles. The fourth-order valence-electron chi connectivity index (χ4n) is 0.423. The number of carbonyl (C=O) groups is 1. The molecule has 0 aliphatic heterocycles. The van der Waals surface area contributed by atoms with Gasteiger partial charge in [-0.1, -0.05) is 0 Å².